The summed E-state index contributed by atoms with van der Waals surface area (Å²) in [4.78, 5) is 33.1. The van der Waals surface area contributed by atoms with Crippen molar-refractivity contribution in [3.63, 3.8) is 0 Å². The monoisotopic (exact) mass is 368 g/mol. The highest BCUT2D eigenvalue weighted by Gasteiger charge is 2.15. The van der Waals surface area contributed by atoms with Gasteiger partial charge in [0.1, 0.15) is 10.9 Å². The maximum Gasteiger partial charge on any atom is 0.269 e. The highest BCUT2D eigenvalue weighted by atomic mass is 32.2. The van der Waals surface area contributed by atoms with Gasteiger partial charge in [0.25, 0.3) is 5.69 Å². The maximum atomic E-state index is 12.5. The number of nitro groups is 1. The van der Waals surface area contributed by atoms with Gasteiger partial charge in [-0.1, -0.05) is 30.0 Å². The van der Waals surface area contributed by atoms with Crippen LogP contribution >= 0.6 is 11.8 Å². The second-order valence-corrected chi connectivity index (χ2v) is 6.57. The average Bonchev–Trinajstić information content (AvgIpc) is 2.65. The number of non-ortho nitro benzene ring substituents is 1. The molecule has 0 radical (unpaired) electrons. The first kappa shape index (κ1) is 17.8. The Morgan fingerprint density at radius 3 is 2.54 bits per heavy atom. The summed E-state index contributed by atoms with van der Waals surface area (Å²) in [5, 5.41) is 12.4. The van der Waals surface area contributed by atoms with E-state index >= 15 is 0 Å². The second-order valence-electron chi connectivity index (χ2n) is 5.61. The normalized spacial score (nSPS) is 10.7. The molecule has 0 fully saturated rings. The molecule has 0 N–H and O–H groups in total. The van der Waals surface area contributed by atoms with Gasteiger partial charge in [-0.3, -0.25) is 14.9 Å². The van der Waals surface area contributed by atoms with Gasteiger partial charge >= 0.3 is 0 Å². The fraction of sp³-hybridized carbons (Fsp3) is 0.167. The van der Waals surface area contributed by atoms with E-state index in [1.807, 2.05) is 31.2 Å². The standard InChI is InChI=1S/C18H16N4O3S/c1-12-19-16-6-4-3-5-15(16)18(20-12)26-11-17(23)21(2)13-7-9-14(10-8-13)22(24)25/h3-10H,11H2,1-2H3. The van der Waals surface area contributed by atoms with Crippen LogP contribution in [0.5, 0.6) is 0 Å². The number of hydrogen-bond donors (Lipinski definition) is 0. The fourth-order valence-electron chi connectivity index (χ4n) is 2.44. The third-order valence-corrected chi connectivity index (χ3v) is 4.81. The summed E-state index contributed by atoms with van der Waals surface area (Å²) in [7, 11) is 1.65. The number of para-hydroxylation sites is 1. The Hall–Kier alpha value is -3.00. The van der Waals surface area contributed by atoms with Gasteiger partial charge in [-0.05, 0) is 25.1 Å². The van der Waals surface area contributed by atoms with Gasteiger partial charge in [0.15, 0.2) is 0 Å². The molecule has 132 valence electrons. The van der Waals surface area contributed by atoms with E-state index in [2.05, 4.69) is 9.97 Å². The van der Waals surface area contributed by atoms with E-state index in [0.717, 1.165) is 15.9 Å². The number of rotatable bonds is 5. The lowest BCUT2D eigenvalue weighted by Gasteiger charge is -2.17. The highest BCUT2D eigenvalue weighted by Crippen LogP contribution is 2.26. The first-order valence-electron chi connectivity index (χ1n) is 7.83. The first-order valence-corrected chi connectivity index (χ1v) is 8.81. The van der Waals surface area contributed by atoms with Crippen LogP contribution in [0.2, 0.25) is 0 Å². The molecule has 1 amide bonds. The van der Waals surface area contributed by atoms with Crippen LogP contribution in [0.15, 0.2) is 53.6 Å². The molecule has 0 aliphatic heterocycles. The zero-order valence-electron chi connectivity index (χ0n) is 14.2. The molecule has 0 atom stereocenters. The molecule has 3 aromatic rings. The van der Waals surface area contributed by atoms with Crippen LogP contribution in [-0.2, 0) is 4.79 Å². The molecular formula is C18H16N4O3S. The number of amides is 1. The Bertz CT molecular complexity index is 976. The van der Waals surface area contributed by atoms with E-state index in [0.29, 0.717) is 11.5 Å². The number of nitro benzene ring substituents is 1. The molecule has 8 heteroatoms. The molecule has 26 heavy (non-hydrogen) atoms. The van der Waals surface area contributed by atoms with E-state index in [1.54, 1.807) is 19.2 Å². The maximum absolute atomic E-state index is 12.5. The van der Waals surface area contributed by atoms with Crippen molar-refractivity contribution in [3.05, 3.63) is 64.5 Å². The number of fused-ring (bicyclic) bond motifs is 1. The van der Waals surface area contributed by atoms with Gasteiger partial charge in [0.2, 0.25) is 5.91 Å². The summed E-state index contributed by atoms with van der Waals surface area (Å²) in [5.74, 6) is 0.736. The van der Waals surface area contributed by atoms with Crippen LogP contribution in [0, 0.1) is 17.0 Å². The highest BCUT2D eigenvalue weighted by molar-refractivity contribution is 8.00. The Morgan fingerprint density at radius 2 is 1.85 bits per heavy atom. The van der Waals surface area contributed by atoms with Crippen molar-refractivity contribution in [1.82, 2.24) is 9.97 Å². The van der Waals surface area contributed by atoms with Crippen LogP contribution in [0.3, 0.4) is 0 Å². The summed E-state index contributed by atoms with van der Waals surface area (Å²) >= 11 is 1.35. The lowest BCUT2D eigenvalue weighted by atomic mass is 10.2. The third-order valence-electron chi connectivity index (χ3n) is 3.83. The quantitative estimate of drug-likeness (QED) is 0.296. The molecule has 2 aromatic carbocycles. The molecule has 0 aliphatic rings. The van der Waals surface area contributed by atoms with Gasteiger partial charge in [0.05, 0.1) is 16.2 Å². The van der Waals surface area contributed by atoms with E-state index in [-0.39, 0.29) is 17.3 Å². The number of aryl methyl sites for hydroxylation is 1. The lowest BCUT2D eigenvalue weighted by Crippen LogP contribution is -2.27. The van der Waals surface area contributed by atoms with Crippen molar-refractivity contribution < 1.29 is 9.72 Å². The Balaban J connectivity index is 1.73. The van der Waals surface area contributed by atoms with Crippen LogP contribution < -0.4 is 4.90 Å². The molecule has 0 spiro atoms. The number of hydrogen-bond acceptors (Lipinski definition) is 6. The molecule has 0 unspecified atom stereocenters. The number of carbonyl (C=O) groups excluding carboxylic acids is 1. The molecule has 3 rings (SSSR count). The van der Waals surface area contributed by atoms with Crippen molar-refractivity contribution in [2.75, 3.05) is 17.7 Å². The summed E-state index contributed by atoms with van der Waals surface area (Å²) < 4.78 is 0. The van der Waals surface area contributed by atoms with Crippen molar-refractivity contribution in [1.29, 1.82) is 0 Å². The number of benzene rings is 2. The number of carbonyl (C=O) groups is 1. The lowest BCUT2D eigenvalue weighted by molar-refractivity contribution is -0.384. The average molecular weight is 368 g/mol. The van der Waals surface area contributed by atoms with Crippen molar-refractivity contribution in [3.8, 4) is 0 Å². The van der Waals surface area contributed by atoms with E-state index in [4.69, 9.17) is 0 Å². The fourth-order valence-corrected chi connectivity index (χ4v) is 3.42. The molecule has 0 saturated carbocycles. The predicted molar refractivity (Wildman–Crippen MR) is 102 cm³/mol. The SMILES string of the molecule is Cc1nc(SCC(=O)N(C)c2ccc([N+](=O)[O-])cc2)c2ccccc2n1. The summed E-state index contributed by atoms with van der Waals surface area (Å²) in [6, 6.07) is 13.6. The first-order chi connectivity index (χ1) is 12.5. The minimum absolute atomic E-state index is 0.00750. The molecule has 7 nitrogen and oxygen atoms in total. The van der Waals surface area contributed by atoms with Gasteiger partial charge in [-0.2, -0.15) is 0 Å². The Labute approximate surface area is 154 Å². The van der Waals surface area contributed by atoms with Gasteiger partial charge < -0.3 is 4.90 Å². The molecule has 1 aromatic heterocycles. The Kier molecular flexibility index (Phi) is 5.13. The van der Waals surface area contributed by atoms with Crippen molar-refractivity contribution >= 4 is 39.9 Å². The van der Waals surface area contributed by atoms with Crippen molar-refractivity contribution in [2.24, 2.45) is 0 Å². The zero-order valence-corrected chi connectivity index (χ0v) is 15.1. The Morgan fingerprint density at radius 1 is 1.15 bits per heavy atom. The third kappa shape index (κ3) is 3.80. The molecule has 0 bridgehead atoms. The summed E-state index contributed by atoms with van der Waals surface area (Å²) in [6.45, 7) is 1.82. The van der Waals surface area contributed by atoms with E-state index in [9.17, 15) is 14.9 Å². The predicted octanol–water partition coefficient (Wildman–Crippen LogP) is 3.60. The van der Waals surface area contributed by atoms with Crippen LogP contribution in [0.25, 0.3) is 10.9 Å². The smallest absolute Gasteiger partial charge is 0.269 e. The van der Waals surface area contributed by atoms with Crippen LogP contribution in [0.4, 0.5) is 11.4 Å². The molecule has 0 aliphatic carbocycles. The zero-order chi connectivity index (χ0) is 18.7. The van der Waals surface area contributed by atoms with E-state index < -0.39 is 4.92 Å². The number of nitrogens with zero attached hydrogens (tertiary/aromatic N) is 4. The minimum Gasteiger partial charge on any atom is -0.315 e. The molecule has 1 heterocycles. The van der Waals surface area contributed by atoms with Gasteiger partial charge in [-0.15, -0.1) is 0 Å². The second kappa shape index (κ2) is 7.49. The largest absolute Gasteiger partial charge is 0.315 e. The van der Waals surface area contributed by atoms with Crippen molar-refractivity contribution in [2.45, 2.75) is 11.9 Å². The van der Waals surface area contributed by atoms with E-state index in [1.165, 1.54) is 28.8 Å². The molecular weight excluding hydrogens is 352 g/mol. The summed E-state index contributed by atoms with van der Waals surface area (Å²) in [5.41, 5.74) is 1.44. The van der Waals surface area contributed by atoms with Gasteiger partial charge in [0, 0.05) is 30.3 Å². The van der Waals surface area contributed by atoms with Crippen LogP contribution in [0.1, 0.15) is 5.82 Å². The molecule has 0 saturated heterocycles. The topological polar surface area (TPSA) is 89.2 Å². The number of aromatic nitrogens is 2. The van der Waals surface area contributed by atoms with Crippen LogP contribution in [-0.4, -0.2) is 33.6 Å². The summed E-state index contributed by atoms with van der Waals surface area (Å²) in [6.07, 6.45) is 0. The number of thioether (sulfide) groups is 1. The minimum atomic E-state index is -0.468. The number of anilines is 1. The van der Waals surface area contributed by atoms with Gasteiger partial charge in [-0.25, -0.2) is 9.97 Å².